The zero-order valence-electron chi connectivity index (χ0n) is 70.4. The molecule has 2 aromatic heterocycles. The number of carboxylic acids is 2. The molecule has 0 fully saturated rings. The van der Waals surface area contributed by atoms with Gasteiger partial charge in [-0.3, -0.25) is 14.4 Å². The highest BCUT2D eigenvalue weighted by atomic mass is 16.6. The Hall–Kier alpha value is -12.6. The molecule has 39 heteroatoms. The number of aromatic nitrogens is 6. The molecular formula is C84H114N6O33. The molecule has 0 unspecified atom stereocenters. The number of aliphatic hydroxyl groups excluding tert-OH is 4. The molecular weight excluding hydrogens is 1620 g/mol. The monoisotopic (exact) mass is 1730 g/mol. The lowest BCUT2D eigenvalue weighted by atomic mass is 10.1. The van der Waals surface area contributed by atoms with Gasteiger partial charge in [-0.1, -0.05) is 154 Å². The minimum absolute atomic E-state index is 0.0473. The number of rotatable bonds is 48. The molecule has 6 rings (SSSR count). The van der Waals surface area contributed by atoms with Gasteiger partial charge in [-0.2, -0.15) is 0 Å². The van der Waals surface area contributed by atoms with Crippen molar-refractivity contribution in [1.82, 2.24) is 27.4 Å². The first-order valence-corrected chi connectivity index (χ1v) is 39.8. The molecule has 1 aliphatic heterocycles. The van der Waals surface area contributed by atoms with E-state index in [4.69, 9.17) is 63.8 Å². The fourth-order valence-corrected chi connectivity index (χ4v) is 10.3. The van der Waals surface area contributed by atoms with Gasteiger partial charge < -0.3 is 73.3 Å². The van der Waals surface area contributed by atoms with Crippen LogP contribution in [0.2, 0.25) is 0 Å². The van der Waals surface area contributed by atoms with Gasteiger partial charge in [-0.05, 0) is 76.4 Å². The number of hydrogen-bond acceptors (Lipinski definition) is 31. The molecule has 1 aliphatic rings. The number of aromatic carboxylic acids is 1. The summed E-state index contributed by atoms with van der Waals surface area (Å²) in [6.07, 6.45) is 15.5. The second-order valence-electron chi connectivity index (χ2n) is 26.6. The van der Waals surface area contributed by atoms with Gasteiger partial charge in [-0.15, -0.1) is 0 Å². The Labute approximate surface area is 708 Å². The molecule has 0 amide bonds. The van der Waals surface area contributed by atoms with Crippen LogP contribution in [0.4, 0.5) is 0 Å². The molecule has 123 heavy (non-hydrogen) atoms. The van der Waals surface area contributed by atoms with Gasteiger partial charge in [0.2, 0.25) is 0 Å². The van der Waals surface area contributed by atoms with E-state index in [1.165, 1.54) is 81.6 Å². The van der Waals surface area contributed by atoms with Gasteiger partial charge in [0, 0.05) is 36.0 Å². The summed E-state index contributed by atoms with van der Waals surface area (Å²) >= 11 is 0. The third-order valence-electron chi connectivity index (χ3n) is 16.7. The van der Waals surface area contributed by atoms with E-state index in [-0.39, 0.29) is 132 Å². The van der Waals surface area contributed by atoms with Crippen LogP contribution in [0.3, 0.4) is 0 Å². The number of carbonyl (C=O) groups is 12. The van der Waals surface area contributed by atoms with Crippen LogP contribution in [-0.4, -0.2) is 209 Å². The van der Waals surface area contributed by atoms with E-state index >= 15 is 0 Å². The zero-order chi connectivity index (χ0) is 92.4. The summed E-state index contributed by atoms with van der Waals surface area (Å²) in [4.78, 5) is 213. The first-order valence-electron chi connectivity index (χ1n) is 39.8. The van der Waals surface area contributed by atoms with Crippen LogP contribution in [0.1, 0.15) is 219 Å². The maximum Gasteiger partial charge on any atom is 0.346 e. The van der Waals surface area contributed by atoms with Gasteiger partial charge in [-0.25, -0.2) is 99.3 Å². The zero-order valence-corrected chi connectivity index (χ0v) is 70.4. The minimum Gasteiger partial charge on any atom is -0.481 e. The predicted octanol–water partition coefficient (Wildman–Crippen LogP) is 5.45. The van der Waals surface area contributed by atoms with Crippen molar-refractivity contribution in [1.29, 1.82) is 0 Å². The van der Waals surface area contributed by atoms with Crippen LogP contribution in [-0.2, 0) is 111 Å². The van der Waals surface area contributed by atoms with E-state index in [2.05, 4.69) is 50.0 Å². The summed E-state index contributed by atoms with van der Waals surface area (Å²) < 4.78 is 48.4. The van der Waals surface area contributed by atoms with E-state index in [1.807, 2.05) is 0 Å². The fraction of sp³-hybridized carbons (Fsp3) is 0.500. The average molecular weight is 1740 g/mol. The second-order valence-corrected chi connectivity index (χ2v) is 26.6. The van der Waals surface area contributed by atoms with Gasteiger partial charge >= 0.3 is 106 Å². The van der Waals surface area contributed by atoms with Crippen LogP contribution in [0.15, 0.2) is 138 Å². The number of unbranched alkanes of at least 4 members (excludes halogenated alkanes) is 12. The number of carboxylic acid groups (broad SMARTS) is 2. The summed E-state index contributed by atoms with van der Waals surface area (Å²) in [6.45, 7) is 15.7. The first-order chi connectivity index (χ1) is 58.7. The summed E-state index contributed by atoms with van der Waals surface area (Å²) in [7, 11) is 0. The SMILES string of the molecule is C=C(C)C(=O)OCCO.C=C(C)C(=O)OCCOC(=O)c1ccccc1C(=O)O.C=C(C)C(=O)OCCOC(=O)c1ccccc1C(=O)OCCn1c(=O)n(CCOC(=O)CCCCCCC)c(=O)n(CCOC(=O)CCCCCCC)c1=O.CCCCCCCC(=O)O.O=C1OC(=O)c2ccccc21.O=c1n(CCO)c(=O)n(CCO)c(=O)n1CCO. The number of fused-ring (bicyclic) bond motifs is 1. The number of cyclic esters (lactones) is 2. The van der Waals surface area contributed by atoms with Crippen LogP contribution >= 0.6 is 0 Å². The third-order valence-corrected chi connectivity index (χ3v) is 16.7. The van der Waals surface area contributed by atoms with Crippen molar-refractivity contribution in [2.24, 2.45) is 0 Å². The summed E-state index contributed by atoms with van der Waals surface area (Å²) in [5.41, 5.74) is -4.72. The summed E-state index contributed by atoms with van der Waals surface area (Å²) in [6, 6.07) is 17.9. The van der Waals surface area contributed by atoms with Crippen molar-refractivity contribution >= 4 is 71.6 Å². The van der Waals surface area contributed by atoms with Crippen molar-refractivity contribution in [3.8, 4) is 0 Å². The van der Waals surface area contributed by atoms with E-state index in [9.17, 15) is 86.3 Å². The van der Waals surface area contributed by atoms with Crippen LogP contribution in [0, 0.1) is 0 Å². The lowest BCUT2D eigenvalue weighted by Gasteiger charge is -2.15. The number of carbonyl (C=O) groups excluding carboxylic acids is 10. The Morgan fingerprint density at radius 3 is 0.870 bits per heavy atom. The van der Waals surface area contributed by atoms with Gasteiger partial charge in [0.05, 0.1) is 99.1 Å². The van der Waals surface area contributed by atoms with Crippen molar-refractivity contribution in [2.75, 3.05) is 79.3 Å². The number of hydrogen-bond donors (Lipinski definition) is 6. The maximum atomic E-state index is 13.4. The lowest BCUT2D eigenvalue weighted by Crippen LogP contribution is -2.55. The van der Waals surface area contributed by atoms with Crippen LogP contribution in [0.25, 0.3) is 0 Å². The largest absolute Gasteiger partial charge is 0.481 e. The molecule has 3 heterocycles. The highest BCUT2D eigenvalue weighted by molar-refractivity contribution is 6.14. The topological polar surface area (TPSA) is 541 Å². The molecule has 0 bridgehead atoms. The van der Waals surface area contributed by atoms with Gasteiger partial charge in [0.25, 0.3) is 0 Å². The van der Waals surface area contributed by atoms with Crippen molar-refractivity contribution in [2.45, 2.75) is 196 Å². The lowest BCUT2D eigenvalue weighted by molar-refractivity contribution is -0.144. The number of ether oxygens (including phenoxy) is 9. The van der Waals surface area contributed by atoms with E-state index in [0.717, 1.165) is 73.3 Å². The van der Waals surface area contributed by atoms with E-state index < -0.39 is 139 Å². The number of benzene rings is 3. The standard InChI is InChI=1S/C39H55N3O13.C14H14O6.C9H15N3O6.C8H4O3.C8H16O2.C6H10O3/c1-5-7-9-11-13-19-32(43)51-24-21-40-37(48)41(22-25-52-33(44)20-14-12-10-8-6-2)39(50)42(38(40)49)23-26-53-35(46)30-17-15-16-18-31(30)36(47)55-28-27-54-34(45)29(3)4;1-9(2)13(17)19-7-8-20-14(18)11-6-4-3-5-10(11)12(15)16;13-4-1-10-7(16)11(2-5-14)9(18)12(3-6-15)8(10)17;9-7-5-3-1-2-4-6(5)8(10)11-7;1-2-3-4-5-6-7-8(9)10;1-5(2)6(8)9-4-3-7/h15-18H,3,5-14,19-28H2,1-2,4H3;3-6H,1,7-8H2,2H3,(H,15,16);13-15H,1-6H2;1-4H;2-7H2,1H3,(H,9,10);7H,1,3-4H2,2H3. The third kappa shape index (κ3) is 41.5. The molecule has 5 aromatic rings. The minimum atomic E-state index is -1.22. The highest BCUT2D eigenvalue weighted by Crippen LogP contribution is 2.19. The fourth-order valence-electron chi connectivity index (χ4n) is 10.3. The Bertz CT molecular complexity index is 4500. The molecule has 0 saturated heterocycles. The number of nitrogens with zero attached hydrogens (tertiary/aromatic N) is 6. The Balaban J connectivity index is 0.000000889. The predicted molar refractivity (Wildman–Crippen MR) is 441 cm³/mol. The molecule has 3 aromatic carbocycles. The molecule has 0 saturated carbocycles. The van der Waals surface area contributed by atoms with Crippen molar-refractivity contribution in [3.05, 3.63) is 206 Å². The Morgan fingerprint density at radius 2 is 0.577 bits per heavy atom. The van der Waals surface area contributed by atoms with Crippen molar-refractivity contribution < 1.29 is 131 Å². The molecule has 0 aliphatic carbocycles. The summed E-state index contributed by atoms with van der Waals surface area (Å²) in [5.74, 6) is -8.28. The molecule has 678 valence electrons. The number of esters is 10. The molecule has 0 radical (unpaired) electrons. The normalized spacial score (nSPS) is 10.7. The smallest absolute Gasteiger partial charge is 0.346 e. The highest BCUT2D eigenvalue weighted by Gasteiger charge is 2.29. The molecule has 39 nitrogen and oxygen atoms in total. The van der Waals surface area contributed by atoms with Gasteiger partial charge in [0.1, 0.15) is 52.9 Å². The van der Waals surface area contributed by atoms with Gasteiger partial charge in [0.15, 0.2) is 0 Å². The Kier molecular flexibility index (Phi) is 55.1. The maximum absolute atomic E-state index is 13.4. The summed E-state index contributed by atoms with van der Waals surface area (Å²) in [5, 5.41) is 51.7. The number of aliphatic carboxylic acids is 1. The van der Waals surface area contributed by atoms with Crippen LogP contribution < -0.4 is 34.1 Å². The molecule has 0 atom stereocenters. The quantitative estimate of drug-likeness (QED) is 0.00927. The molecule has 0 spiro atoms. The second kappa shape index (κ2) is 62.5. The average Bonchev–Trinajstić information content (AvgIpc) is 1.55. The Morgan fingerprint density at radius 1 is 0.317 bits per heavy atom. The first kappa shape index (κ1) is 108. The number of aliphatic hydroxyl groups is 4. The van der Waals surface area contributed by atoms with Crippen LogP contribution in [0.5, 0.6) is 0 Å². The van der Waals surface area contributed by atoms with Crippen molar-refractivity contribution in [3.63, 3.8) is 0 Å². The van der Waals surface area contributed by atoms with E-state index in [0.29, 0.717) is 54.2 Å². The molecule has 6 N–H and O–H groups in total. The van der Waals surface area contributed by atoms with E-state index in [1.54, 1.807) is 31.2 Å².